The molecule has 2 nitrogen and oxygen atoms in total. The highest BCUT2D eigenvalue weighted by Gasteiger charge is 2.28. The molecule has 3 rings (SSSR count). The fraction of sp³-hybridized carbons (Fsp3) is 0.667. The van der Waals surface area contributed by atoms with E-state index in [-0.39, 0.29) is 0 Å². The Balaban J connectivity index is 1.56. The summed E-state index contributed by atoms with van der Waals surface area (Å²) in [6.07, 6.45) is 5.40. The van der Waals surface area contributed by atoms with E-state index in [0.29, 0.717) is 6.04 Å². The van der Waals surface area contributed by atoms with Crippen LogP contribution in [0.25, 0.3) is 0 Å². The first-order valence-corrected chi connectivity index (χ1v) is 9.32. The second kappa shape index (κ2) is 7.17. The quantitative estimate of drug-likeness (QED) is 0.895. The Morgan fingerprint density at radius 3 is 2.95 bits per heavy atom. The van der Waals surface area contributed by atoms with Crippen LogP contribution >= 0.6 is 11.8 Å². The molecule has 3 heteroatoms. The third-order valence-corrected chi connectivity index (χ3v) is 5.96. The predicted octanol–water partition coefficient (Wildman–Crippen LogP) is 3.56. The molecular weight excluding hydrogens is 276 g/mol. The van der Waals surface area contributed by atoms with E-state index in [1.54, 1.807) is 5.56 Å². The predicted molar refractivity (Wildman–Crippen MR) is 92.1 cm³/mol. The average molecular weight is 305 g/mol. The molecule has 2 unspecified atom stereocenters. The first kappa shape index (κ1) is 15.4. The fourth-order valence-corrected chi connectivity index (χ4v) is 4.87. The molecule has 0 aliphatic carbocycles. The maximum absolute atomic E-state index is 3.64. The van der Waals surface area contributed by atoms with Crippen molar-refractivity contribution in [3.8, 4) is 0 Å². The van der Waals surface area contributed by atoms with Gasteiger partial charge in [-0.3, -0.25) is 4.90 Å². The SMILES string of the molecule is CC(C)NCC1CCCCN1CC1Cc2ccccc2S1. The molecule has 2 aliphatic heterocycles. The number of thioether (sulfide) groups is 1. The molecule has 1 saturated heterocycles. The zero-order valence-corrected chi connectivity index (χ0v) is 14.2. The number of benzene rings is 1. The number of hydrogen-bond donors (Lipinski definition) is 1. The minimum atomic E-state index is 0.596. The van der Waals surface area contributed by atoms with E-state index in [1.807, 2.05) is 0 Å². The lowest BCUT2D eigenvalue weighted by atomic mass is 10.0. The van der Waals surface area contributed by atoms with Crippen LogP contribution in [-0.2, 0) is 6.42 Å². The second-order valence-electron chi connectivity index (χ2n) is 6.76. The first-order chi connectivity index (χ1) is 10.2. The van der Waals surface area contributed by atoms with Gasteiger partial charge in [0, 0.05) is 35.3 Å². The number of fused-ring (bicyclic) bond motifs is 1. The van der Waals surface area contributed by atoms with Gasteiger partial charge in [-0.05, 0) is 37.4 Å². The monoisotopic (exact) mass is 304 g/mol. The van der Waals surface area contributed by atoms with Gasteiger partial charge in [-0.1, -0.05) is 38.5 Å². The Hall–Kier alpha value is -0.510. The lowest BCUT2D eigenvalue weighted by Gasteiger charge is -2.37. The van der Waals surface area contributed by atoms with Gasteiger partial charge < -0.3 is 5.32 Å². The van der Waals surface area contributed by atoms with Crippen molar-refractivity contribution >= 4 is 11.8 Å². The summed E-state index contributed by atoms with van der Waals surface area (Å²) in [5.41, 5.74) is 1.56. The summed E-state index contributed by atoms with van der Waals surface area (Å²) >= 11 is 2.09. The standard InChI is InChI=1S/C18H28N2S/c1-14(2)19-12-16-8-5-6-10-20(16)13-17-11-15-7-3-4-9-18(15)21-17/h3-4,7,9,14,16-17,19H,5-6,8,10-13H2,1-2H3. The van der Waals surface area contributed by atoms with Crippen molar-refractivity contribution in [1.82, 2.24) is 10.2 Å². The van der Waals surface area contributed by atoms with Crippen molar-refractivity contribution in [2.75, 3.05) is 19.6 Å². The van der Waals surface area contributed by atoms with Crippen LogP contribution < -0.4 is 5.32 Å². The Labute approximate surface area is 133 Å². The van der Waals surface area contributed by atoms with E-state index in [4.69, 9.17) is 0 Å². The average Bonchev–Trinajstić information content (AvgIpc) is 2.88. The van der Waals surface area contributed by atoms with Crippen LogP contribution in [0.5, 0.6) is 0 Å². The highest BCUT2D eigenvalue weighted by Crippen LogP contribution is 2.37. The minimum absolute atomic E-state index is 0.596. The van der Waals surface area contributed by atoms with Gasteiger partial charge in [0.25, 0.3) is 0 Å². The van der Waals surface area contributed by atoms with Gasteiger partial charge in [-0.15, -0.1) is 11.8 Å². The van der Waals surface area contributed by atoms with Crippen molar-refractivity contribution in [3.63, 3.8) is 0 Å². The number of nitrogens with zero attached hydrogens (tertiary/aromatic N) is 1. The lowest BCUT2D eigenvalue weighted by Crippen LogP contribution is -2.48. The van der Waals surface area contributed by atoms with E-state index in [2.05, 4.69) is 60.1 Å². The van der Waals surface area contributed by atoms with Crippen molar-refractivity contribution in [3.05, 3.63) is 29.8 Å². The van der Waals surface area contributed by atoms with E-state index < -0.39 is 0 Å². The molecule has 0 amide bonds. The van der Waals surface area contributed by atoms with Crippen molar-refractivity contribution in [2.24, 2.45) is 0 Å². The van der Waals surface area contributed by atoms with Crippen LogP contribution in [-0.4, -0.2) is 41.9 Å². The molecule has 0 spiro atoms. The fourth-order valence-electron chi connectivity index (χ4n) is 3.52. The van der Waals surface area contributed by atoms with Gasteiger partial charge >= 0.3 is 0 Å². The van der Waals surface area contributed by atoms with Gasteiger partial charge in [0.05, 0.1) is 0 Å². The number of likely N-dealkylation sites (tertiary alicyclic amines) is 1. The Kier molecular flexibility index (Phi) is 5.25. The largest absolute Gasteiger partial charge is 0.313 e. The first-order valence-electron chi connectivity index (χ1n) is 8.44. The highest BCUT2D eigenvalue weighted by atomic mass is 32.2. The van der Waals surface area contributed by atoms with Gasteiger partial charge in [0.1, 0.15) is 0 Å². The highest BCUT2D eigenvalue weighted by molar-refractivity contribution is 8.00. The topological polar surface area (TPSA) is 15.3 Å². The van der Waals surface area contributed by atoms with E-state index in [0.717, 1.165) is 17.8 Å². The molecule has 0 bridgehead atoms. The summed E-state index contributed by atoms with van der Waals surface area (Å²) in [7, 11) is 0. The minimum Gasteiger partial charge on any atom is -0.313 e. The Morgan fingerprint density at radius 2 is 2.14 bits per heavy atom. The molecule has 1 fully saturated rings. The summed E-state index contributed by atoms with van der Waals surface area (Å²) in [5.74, 6) is 0. The summed E-state index contributed by atoms with van der Waals surface area (Å²) in [6, 6.07) is 10.3. The van der Waals surface area contributed by atoms with Crippen LogP contribution in [0.2, 0.25) is 0 Å². The van der Waals surface area contributed by atoms with Crippen molar-refractivity contribution < 1.29 is 0 Å². The molecule has 116 valence electrons. The van der Waals surface area contributed by atoms with Gasteiger partial charge in [0.2, 0.25) is 0 Å². The number of piperidine rings is 1. The number of hydrogen-bond acceptors (Lipinski definition) is 3. The van der Waals surface area contributed by atoms with Crippen LogP contribution in [0, 0.1) is 0 Å². The van der Waals surface area contributed by atoms with Crippen LogP contribution in [0.1, 0.15) is 38.7 Å². The molecule has 2 heterocycles. The Bertz CT molecular complexity index is 435. The molecule has 2 aliphatic rings. The summed E-state index contributed by atoms with van der Waals surface area (Å²) in [4.78, 5) is 4.26. The number of nitrogens with one attached hydrogen (secondary N) is 1. The van der Waals surface area contributed by atoms with E-state index in [1.165, 1.54) is 43.7 Å². The van der Waals surface area contributed by atoms with Crippen LogP contribution in [0.15, 0.2) is 29.2 Å². The maximum atomic E-state index is 3.64. The molecular formula is C18H28N2S. The lowest BCUT2D eigenvalue weighted by molar-refractivity contribution is 0.144. The van der Waals surface area contributed by atoms with E-state index in [9.17, 15) is 0 Å². The molecule has 1 aromatic rings. The third-order valence-electron chi connectivity index (χ3n) is 4.66. The number of rotatable bonds is 5. The normalized spacial score (nSPS) is 26.2. The third kappa shape index (κ3) is 4.02. The molecule has 21 heavy (non-hydrogen) atoms. The summed E-state index contributed by atoms with van der Waals surface area (Å²) in [6.45, 7) is 8.19. The van der Waals surface area contributed by atoms with Crippen LogP contribution in [0.4, 0.5) is 0 Å². The van der Waals surface area contributed by atoms with E-state index >= 15 is 0 Å². The van der Waals surface area contributed by atoms with Crippen molar-refractivity contribution in [2.45, 2.75) is 61.8 Å². The van der Waals surface area contributed by atoms with Gasteiger partial charge in [-0.2, -0.15) is 0 Å². The van der Waals surface area contributed by atoms with Gasteiger partial charge in [-0.25, -0.2) is 0 Å². The van der Waals surface area contributed by atoms with Gasteiger partial charge in [0.15, 0.2) is 0 Å². The molecule has 2 atom stereocenters. The smallest absolute Gasteiger partial charge is 0.0263 e. The summed E-state index contributed by atoms with van der Waals surface area (Å²) < 4.78 is 0. The summed E-state index contributed by atoms with van der Waals surface area (Å²) in [5, 5.41) is 4.39. The zero-order chi connectivity index (χ0) is 14.7. The molecule has 1 N–H and O–H groups in total. The molecule has 1 aromatic carbocycles. The zero-order valence-electron chi connectivity index (χ0n) is 13.3. The van der Waals surface area contributed by atoms with Crippen molar-refractivity contribution in [1.29, 1.82) is 0 Å². The molecule has 0 aromatic heterocycles. The Morgan fingerprint density at radius 1 is 1.29 bits per heavy atom. The molecule has 0 radical (unpaired) electrons. The van der Waals surface area contributed by atoms with Crippen LogP contribution in [0.3, 0.4) is 0 Å². The maximum Gasteiger partial charge on any atom is 0.0263 e. The molecule has 0 saturated carbocycles. The second-order valence-corrected chi connectivity index (χ2v) is 8.10.